The number of carbonyl (C=O) groups is 1. The first-order valence-corrected chi connectivity index (χ1v) is 12.3. The van der Waals surface area contributed by atoms with Crippen LogP contribution in [0.1, 0.15) is 12.5 Å². The van der Waals surface area contributed by atoms with Crippen LogP contribution in [-0.4, -0.2) is 46.9 Å². The summed E-state index contributed by atoms with van der Waals surface area (Å²) in [5.41, 5.74) is 3.94. The van der Waals surface area contributed by atoms with Gasteiger partial charge in [-0.2, -0.15) is 5.10 Å². The molecule has 9 nitrogen and oxygen atoms in total. The molecule has 3 aromatic rings. The monoisotopic (exact) mass is 495 g/mol. The molecule has 0 atom stereocenters. The molecule has 0 saturated carbocycles. The van der Waals surface area contributed by atoms with Crippen LogP contribution in [0.3, 0.4) is 0 Å². The van der Waals surface area contributed by atoms with Gasteiger partial charge in [0.15, 0.2) is 11.5 Å². The Labute approximate surface area is 204 Å². The van der Waals surface area contributed by atoms with Crippen LogP contribution in [0, 0.1) is 0 Å². The Morgan fingerprint density at radius 3 is 2.43 bits per heavy atom. The fraction of sp³-hybridized carbons (Fsp3) is 0.200. The van der Waals surface area contributed by atoms with E-state index in [-0.39, 0.29) is 10.6 Å². The molecule has 4 rings (SSSR count). The minimum atomic E-state index is -4.07. The van der Waals surface area contributed by atoms with E-state index in [1.807, 2.05) is 0 Å². The molecule has 0 fully saturated rings. The van der Waals surface area contributed by atoms with Crippen LogP contribution in [0.4, 0.5) is 5.69 Å². The molecule has 0 bridgehead atoms. The summed E-state index contributed by atoms with van der Waals surface area (Å²) in [5, 5.41) is 4.16. The van der Waals surface area contributed by atoms with Gasteiger partial charge in [-0.05, 0) is 49.4 Å². The molecule has 0 aliphatic carbocycles. The summed E-state index contributed by atoms with van der Waals surface area (Å²) in [7, 11) is -2.63. The first-order chi connectivity index (χ1) is 16.9. The minimum Gasteiger partial charge on any atom is -0.495 e. The number of para-hydroxylation sites is 2. The van der Waals surface area contributed by atoms with Crippen molar-refractivity contribution in [3.63, 3.8) is 0 Å². The topological polar surface area (TPSA) is 107 Å². The standard InChI is InChI=1S/C25H25N3O6S/c1-18(19-12-13-23-24(16-19)34-15-14-33-23)26-27-25(29)17-28(21-10-6-7-11-22(21)32-2)35(30,31)20-8-4-3-5-9-20/h3-13,16H,14-15,17H2,1-2H3,(H,27,29)/b26-18-. The van der Waals surface area contributed by atoms with Crippen LogP contribution in [0.15, 0.2) is 82.8 Å². The Morgan fingerprint density at radius 1 is 1.00 bits per heavy atom. The number of hydrazone groups is 1. The van der Waals surface area contributed by atoms with Crippen molar-refractivity contribution in [1.82, 2.24) is 5.43 Å². The molecule has 1 aliphatic heterocycles. The van der Waals surface area contributed by atoms with E-state index in [9.17, 15) is 13.2 Å². The van der Waals surface area contributed by atoms with Crippen molar-refractivity contribution in [2.75, 3.05) is 31.2 Å². The lowest BCUT2D eigenvalue weighted by molar-refractivity contribution is -0.119. The van der Waals surface area contributed by atoms with E-state index in [1.165, 1.54) is 19.2 Å². The molecule has 0 unspecified atom stereocenters. The Balaban J connectivity index is 1.58. The molecule has 0 aromatic heterocycles. The van der Waals surface area contributed by atoms with E-state index in [0.29, 0.717) is 36.2 Å². The number of anilines is 1. The van der Waals surface area contributed by atoms with E-state index in [0.717, 1.165) is 9.87 Å². The summed E-state index contributed by atoms with van der Waals surface area (Å²) in [5.74, 6) is 0.949. The van der Waals surface area contributed by atoms with Crippen LogP contribution in [0.2, 0.25) is 0 Å². The first-order valence-electron chi connectivity index (χ1n) is 10.8. The number of nitrogens with zero attached hydrogens (tertiary/aromatic N) is 2. The van der Waals surface area contributed by atoms with Crippen molar-refractivity contribution < 1.29 is 27.4 Å². The number of ether oxygens (including phenoxy) is 3. The predicted molar refractivity (Wildman–Crippen MR) is 132 cm³/mol. The van der Waals surface area contributed by atoms with Gasteiger partial charge in [-0.1, -0.05) is 30.3 Å². The summed E-state index contributed by atoms with van der Waals surface area (Å²) < 4.78 is 44.4. The van der Waals surface area contributed by atoms with Gasteiger partial charge < -0.3 is 14.2 Å². The van der Waals surface area contributed by atoms with Crippen molar-refractivity contribution in [2.24, 2.45) is 5.10 Å². The lowest BCUT2D eigenvalue weighted by atomic mass is 10.1. The van der Waals surface area contributed by atoms with E-state index in [1.54, 1.807) is 67.6 Å². The zero-order valence-corrected chi connectivity index (χ0v) is 20.1. The van der Waals surface area contributed by atoms with Crippen LogP contribution in [-0.2, 0) is 14.8 Å². The Bertz CT molecular complexity index is 1340. The van der Waals surface area contributed by atoms with Crippen molar-refractivity contribution in [3.05, 3.63) is 78.4 Å². The summed E-state index contributed by atoms with van der Waals surface area (Å²) >= 11 is 0. The summed E-state index contributed by atoms with van der Waals surface area (Å²) in [4.78, 5) is 12.9. The van der Waals surface area contributed by atoms with Gasteiger partial charge in [0.05, 0.1) is 23.4 Å². The molecule has 0 radical (unpaired) electrons. The maximum absolute atomic E-state index is 13.5. The average molecular weight is 496 g/mol. The minimum absolute atomic E-state index is 0.0506. The maximum Gasteiger partial charge on any atom is 0.264 e. The third-order valence-electron chi connectivity index (χ3n) is 5.28. The summed E-state index contributed by atoms with van der Waals surface area (Å²) in [6.07, 6.45) is 0. The highest BCUT2D eigenvalue weighted by molar-refractivity contribution is 7.92. The molecule has 1 heterocycles. The number of hydrogen-bond donors (Lipinski definition) is 1. The van der Waals surface area contributed by atoms with Gasteiger partial charge in [0.2, 0.25) is 0 Å². The Hall–Kier alpha value is -4.05. The molecule has 0 saturated heterocycles. The highest BCUT2D eigenvalue weighted by Crippen LogP contribution is 2.32. The Morgan fingerprint density at radius 2 is 1.69 bits per heavy atom. The van der Waals surface area contributed by atoms with Crippen molar-refractivity contribution >= 4 is 27.3 Å². The average Bonchev–Trinajstić information content (AvgIpc) is 2.90. The van der Waals surface area contributed by atoms with Crippen LogP contribution in [0.25, 0.3) is 0 Å². The molecular weight excluding hydrogens is 470 g/mol. The summed E-state index contributed by atoms with van der Waals surface area (Å²) in [6, 6.07) is 19.9. The second kappa shape index (κ2) is 10.5. The maximum atomic E-state index is 13.5. The van der Waals surface area contributed by atoms with Crippen molar-refractivity contribution in [3.8, 4) is 17.2 Å². The predicted octanol–water partition coefficient (Wildman–Crippen LogP) is 3.20. The van der Waals surface area contributed by atoms with Gasteiger partial charge >= 0.3 is 0 Å². The third-order valence-corrected chi connectivity index (χ3v) is 7.05. The number of rotatable bonds is 8. The van der Waals surface area contributed by atoms with Crippen molar-refractivity contribution in [2.45, 2.75) is 11.8 Å². The number of carbonyl (C=O) groups excluding carboxylic acids is 1. The largest absolute Gasteiger partial charge is 0.495 e. The smallest absolute Gasteiger partial charge is 0.264 e. The molecule has 35 heavy (non-hydrogen) atoms. The van der Waals surface area contributed by atoms with Gasteiger partial charge in [0, 0.05) is 5.56 Å². The van der Waals surface area contributed by atoms with Gasteiger partial charge in [0.1, 0.15) is 25.5 Å². The van der Waals surface area contributed by atoms with Crippen LogP contribution < -0.4 is 23.9 Å². The number of hydrogen-bond acceptors (Lipinski definition) is 7. The Kier molecular flexibility index (Phi) is 7.21. The van der Waals surface area contributed by atoms with Crippen LogP contribution in [0.5, 0.6) is 17.2 Å². The van der Waals surface area contributed by atoms with Crippen LogP contribution >= 0.6 is 0 Å². The number of methoxy groups -OCH3 is 1. The summed E-state index contributed by atoms with van der Waals surface area (Å²) in [6.45, 7) is 2.17. The molecule has 3 aromatic carbocycles. The molecule has 1 aliphatic rings. The molecule has 1 amide bonds. The fourth-order valence-corrected chi connectivity index (χ4v) is 4.95. The number of benzene rings is 3. The van der Waals surface area contributed by atoms with Gasteiger partial charge in [-0.15, -0.1) is 0 Å². The van der Waals surface area contributed by atoms with Gasteiger partial charge in [0.25, 0.3) is 15.9 Å². The van der Waals surface area contributed by atoms with Gasteiger partial charge in [-0.25, -0.2) is 13.8 Å². The molecule has 10 heteroatoms. The molecule has 182 valence electrons. The highest BCUT2D eigenvalue weighted by atomic mass is 32.2. The SMILES string of the molecule is COc1ccccc1N(CC(=O)N/N=C(/C)c1ccc2c(c1)OCCO2)S(=O)(=O)c1ccccc1. The second-order valence-corrected chi connectivity index (χ2v) is 9.45. The fourth-order valence-electron chi connectivity index (χ4n) is 3.50. The molecule has 1 N–H and O–H groups in total. The van der Waals surface area contributed by atoms with E-state index in [4.69, 9.17) is 14.2 Å². The number of fused-ring (bicyclic) bond motifs is 1. The van der Waals surface area contributed by atoms with E-state index >= 15 is 0 Å². The molecular formula is C25H25N3O6S. The normalized spacial score (nSPS) is 13.1. The lowest BCUT2D eigenvalue weighted by Gasteiger charge is -2.25. The number of nitrogens with one attached hydrogen (secondary N) is 1. The highest BCUT2D eigenvalue weighted by Gasteiger charge is 2.29. The van der Waals surface area contributed by atoms with E-state index < -0.39 is 22.5 Å². The van der Waals surface area contributed by atoms with Gasteiger partial charge in [-0.3, -0.25) is 9.10 Å². The molecule has 0 spiro atoms. The first kappa shape index (κ1) is 24.1. The second-order valence-electron chi connectivity index (χ2n) is 7.59. The zero-order valence-electron chi connectivity index (χ0n) is 19.3. The number of amides is 1. The quantitative estimate of drug-likeness (QED) is 0.380. The van der Waals surface area contributed by atoms with E-state index in [2.05, 4.69) is 10.5 Å². The number of sulfonamides is 1. The third kappa shape index (κ3) is 5.38. The zero-order chi connectivity index (χ0) is 24.8. The van der Waals surface area contributed by atoms with Crippen molar-refractivity contribution in [1.29, 1.82) is 0 Å². The lowest BCUT2D eigenvalue weighted by Crippen LogP contribution is -2.40.